The second kappa shape index (κ2) is 5.12. The van der Waals surface area contributed by atoms with Crippen molar-refractivity contribution >= 4 is 18.4 Å². The first-order chi connectivity index (χ1) is 6.77. The Hall–Kier alpha value is -1.09. The van der Waals surface area contributed by atoms with Crippen LogP contribution in [0.5, 0.6) is 0 Å². The molecule has 0 aromatic carbocycles. The minimum atomic E-state index is -0.885. The van der Waals surface area contributed by atoms with Gasteiger partial charge in [-0.15, -0.1) is 12.4 Å². The van der Waals surface area contributed by atoms with Crippen LogP contribution in [0.3, 0.4) is 0 Å². The highest BCUT2D eigenvalue weighted by Crippen LogP contribution is 2.19. The molecule has 15 heavy (non-hydrogen) atoms. The molecule has 0 aliphatic heterocycles. The molecule has 0 saturated heterocycles. The number of nitrogens with zero attached hydrogens (tertiary/aromatic N) is 1. The van der Waals surface area contributed by atoms with E-state index < -0.39 is 5.97 Å². The maximum absolute atomic E-state index is 10.7. The van der Waals surface area contributed by atoms with Crippen LogP contribution in [0.1, 0.15) is 40.9 Å². The van der Waals surface area contributed by atoms with E-state index in [-0.39, 0.29) is 12.4 Å². The lowest BCUT2D eigenvalue weighted by Gasteiger charge is -2.04. The van der Waals surface area contributed by atoms with Gasteiger partial charge in [0.1, 0.15) is 0 Å². The Bertz CT molecular complexity index is 366. The van der Waals surface area contributed by atoms with Crippen LogP contribution < -0.4 is 0 Å². The van der Waals surface area contributed by atoms with Gasteiger partial charge >= 0.3 is 5.97 Å². The molecule has 3 nitrogen and oxygen atoms in total. The van der Waals surface area contributed by atoms with Crippen molar-refractivity contribution in [2.45, 2.75) is 32.1 Å². The van der Waals surface area contributed by atoms with E-state index in [1.54, 1.807) is 6.07 Å². The number of fused-ring (bicyclic) bond motifs is 1. The molecule has 1 aromatic rings. The van der Waals surface area contributed by atoms with Crippen molar-refractivity contribution in [3.8, 4) is 0 Å². The Labute approximate surface area is 94.9 Å². The van der Waals surface area contributed by atoms with Gasteiger partial charge in [-0.05, 0) is 37.3 Å². The van der Waals surface area contributed by atoms with Crippen molar-refractivity contribution in [2.75, 3.05) is 0 Å². The SMILES string of the molecule is Cl.O=C(O)c1cnc2c(c1)CCCCC2. The number of aromatic carboxylic acids is 1. The third-order valence-corrected chi connectivity index (χ3v) is 2.67. The lowest BCUT2D eigenvalue weighted by molar-refractivity contribution is 0.0696. The van der Waals surface area contributed by atoms with Gasteiger partial charge in [0.15, 0.2) is 0 Å². The van der Waals surface area contributed by atoms with Crippen LogP contribution in [0.4, 0.5) is 0 Å². The molecule has 0 radical (unpaired) electrons. The third kappa shape index (κ3) is 2.69. The van der Waals surface area contributed by atoms with Crippen molar-refractivity contribution in [3.05, 3.63) is 29.1 Å². The quantitative estimate of drug-likeness (QED) is 0.750. The Kier molecular flexibility index (Phi) is 4.09. The van der Waals surface area contributed by atoms with Gasteiger partial charge < -0.3 is 5.11 Å². The summed E-state index contributed by atoms with van der Waals surface area (Å²) in [6.07, 6.45) is 6.98. The van der Waals surface area contributed by atoms with Crippen molar-refractivity contribution in [3.63, 3.8) is 0 Å². The van der Waals surface area contributed by atoms with Gasteiger partial charge in [-0.2, -0.15) is 0 Å². The molecule has 0 saturated carbocycles. The number of carboxylic acids is 1. The van der Waals surface area contributed by atoms with Crippen LogP contribution >= 0.6 is 12.4 Å². The maximum Gasteiger partial charge on any atom is 0.337 e. The van der Waals surface area contributed by atoms with Crippen LogP contribution in [0.15, 0.2) is 12.3 Å². The number of halogens is 1. The van der Waals surface area contributed by atoms with E-state index in [2.05, 4.69) is 4.98 Å². The average Bonchev–Trinajstić information content (AvgIpc) is 2.41. The van der Waals surface area contributed by atoms with Gasteiger partial charge in [0, 0.05) is 11.9 Å². The van der Waals surface area contributed by atoms with Gasteiger partial charge in [-0.3, -0.25) is 4.98 Å². The predicted molar refractivity (Wildman–Crippen MR) is 59.7 cm³/mol. The van der Waals surface area contributed by atoms with Crippen LogP contribution in [-0.2, 0) is 12.8 Å². The zero-order valence-electron chi connectivity index (χ0n) is 8.40. The minimum absolute atomic E-state index is 0. The number of rotatable bonds is 1. The van der Waals surface area contributed by atoms with E-state index in [9.17, 15) is 4.79 Å². The number of aryl methyl sites for hydroxylation is 2. The molecule has 0 fully saturated rings. The lowest BCUT2D eigenvalue weighted by atomic mass is 10.1. The second-order valence-electron chi connectivity index (χ2n) is 3.70. The third-order valence-electron chi connectivity index (χ3n) is 2.67. The molecule has 2 rings (SSSR count). The molecule has 0 spiro atoms. The molecule has 1 heterocycles. The molecule has 82 valence electrons. The zero-order chi connectivity index (χ0) is 9.97. The predicted octanol–water partition coefficient (Wildman–Crippen LogP) is 2.47. The Balaban J connectivity index is 0.00000112. The van der Waals surface area contributed by atoms with Gasteiger partial charge in [0.25, 0.3) is 0 Å². The van der Waals surface area contributed by atoms with E-state index in [1.807, 2.05) is 0 Å². The summed E-state index contributed by atoms with van der Waals surface area (Å²) in [4.78, 5) is 15.0. The normalized spacial score (nSPS) is 14.7. The number of carbonyl (C=O) groups is 1. The fraction of sp³-hybridized carbons (Fsp3) is 0.455. The van der Waals surface area contributed by atoms with E-state index in [0.29, 0.717) is 5.56 Å². The largest absolute Gasteiger partial charge is 0.478 e. The Morgan fingerprint density at radius 2 is 2.00 bits per heavy atom. The fourth-order valence-corrected chi connectivity index (χ4v) is 1.88. The van der Waals surface area contributed by atoms with Crippen LogP contribution in [-0.4, -0.2) is 16.1 Å². The Morgan fingerprint density at radius 1 is 1.27 bits per heavy atom. The van der Waals surface area contributed by atoms with E-state index in [4.69, 9.17) is 5.11 Å². The molecule has 0 unspecified atom stereocenters. The monoisotopic (exact) mass is 227 g/mol. The number of aromatic nitrogens is 1. The topological polar surface area (TPSA) is 50.2 Å². The van der Waals surface area contributed by atoms with Gasteiger partial charge in [-0.25, -0.2) is 4.79 Å². The molecule has 0 bridgehead atoms. The molecule has 0 amide bonds. The number of pyridine rings is 1. The van der Waals surface area contributed by atoms with E-state index in [1.165, 1.54) is 19.0 Å². The first-order valence-corrected chi connectivity index (χ1v) is 4.98. The van der Waals surface area contributed by atoms with Crippen LogP contribution in [0.25, 0.3) is 0 Å². The van der Waals surface area contributed by atoms with Crippen molar-refractivity contribution < 1.29 is 9.90 Å². The Morgan fingerprint density at radius 3 is 2.73 bits per heavy atom. The summed E-state index contributed by atoms with van der Waals surface area (Å²) >= 11 is 0. The molecule has 1 aromatic heterocycles. The molecule has 0 atom stereocenters. The molecule has 1 aliphatic carbocycles. The van der Waals surface area contributed by atoms with Gasteiger partial charge in [0.05, 0.1) is 5.56 Å². The summed E-state index contributed by atoms with van der Waals surface area (Å²) in [6, 6.07) is 1.77. The van der Waals surface area contributed by atoms with E-state index >= 15 is 0 Å². The van der Waals surface area contributed by atoms with Gasteiger partial charge in [0.2, 0.25) is 0 Å². The van der Waals surface area contributed by atoms with E-state index in [0.717, 1.165) is 30.5 Å². The average molecular weight is 228 g/mol. The standard InChI is InChI=1S/C11H13NO2.ClH/c13-11(14)9-6-8-4-2-1-3-5-10(8)12-7-9;/h6-7H,1-5H2,(H,13,14);1H. The molecule has 1 N–H and O–H groups in total. The summed E-state index contributed by atoms with van der Waals surface area (Å²) in [5.41, 5.74) is 2.53. The summed E-state index contributed by atoms with van der Waals surface area (Å²) in [5.74, 6) is -0.885. The lowest BCUT2D eigenvalue weighted by Crippen LogP contribution is -2.02. The summed E-state index contributed by atoms with van der Waals surface area (Å²) in [7, 11) is 0. The van der Waals surface area contributed by atoms with Crippen molar-refractivity contribution in [1.82, 2.24) is 4.98 Å². The number of hydrogen-bond acceptors (Lipinski definition) is 2. The minimum Gasteiger partial charge on any atom is -0.478 e. The number of carboxylic acid groups (broad SMARTS) is 1. The maximum atomic E-state index is 10.7. The molecule has 4 heteroatoms. The van der Waals surface area contributed by atoms with Crippen LogP contribution in [0.2, 0.25) is 0 Å². The summed E-state index contributed by atoms with van der Waals surface area (Å²) < 4.78 is 0. The highest BCUT2D eigenvalue weighted by atomic mass is 35.5. The summed E-state index contributed by atoms with van der Waals surface area (Å²) in [6.45, 7) is 0. The molecule has 1 aliphatic rings. The highest BCUT2D eigenvalue weighted by Gasteiger charge is 2.12. The fourth-order valence-electron chi connectivity index (χ4n) is 1.88. The zero-order valence-corrected chi connectivity index (χ0v) is 9.22. The van der Waals surface area contributed by atoms with Gasteiger partial charge in [-0.1, -0.05) is 6.42 Å². The van der Waals surface area contributed by atoms with Crippen molar-refractivity contribution in [2.24, 2.45) is 0 Å². The smallest absolute Gasteiger partial charge is 0.337 e. The second-order valence-corrected chi connectivity index (χ2v) is 3.70. The molecular formula is C11H14ClNO2. The summed E-state index contributed by atoms with van der Waals surface area (Å²) in [5, 5.41) is 8.82. The molecular weight excluding hydrogens is 214 g/mol. The number of hydrogen-bond donors (Lipinski definition) is 1. The van der Waals surface area contributed by atoms with Crippen molar-refractivity contribution in [1.29, 1.82) is 0 Å². The highest BCUT2D eigenvalue weighted by molar-refractivity contribution is 5.87. The first-order valence-electron chi connectivity index (χ1n) is 4.98. The van der Waals surface area contributed by atoms with Crippen LogP contribution in [0, 0.1) is 0 Å². The first kappa shape index (κ1) is 12.0.